The van der Waals surface area contributed by atoms with Crippen LogP contribution in [0.1, 0.15) is 36.2 Å². The molecule has 7 nitrogen and oxygen atoms in total. The SMILES string of the molecule is CC(C)(N)C(=O)OCc1cc(F)c(F)cc1-c1ccc2nc(N)nc(CN3Cc4ccccc4C3)c2c1. The number of aromatic nitrogens is 2. The van der Waals surface area contributed by atoms with Gasteiger partial charge in [0.05, 0.1) is 11.2 Å². The van der Waals surface area contributed by atoms with E-state index in [1.807, 2.05) is 18.2 Å². The lowest BCUT2D eigenvalue weighted by Gasteiger charge is -2.19. The zero-order chi connectivity index (χ0) is 26.3. The second-order valence-corrected chi connectivity index (χ2v) is 9.90. The van der Waals surface area contributed by atoms with E-state index in [1.165, 1.54) is 25.0 Å². The van der Waals surface area contributed by atoms with Gasteiger partial charge in [-0.05, 0) is 60.4 Å². The summed E-state index contributed by atoms with van der Waals surface area (Å²) in [6, 6.07) is 15.8. The molecule has 0 unspecified atom stereocenters. The van der Waals surface area contributed by atoms with Crippen molar-refractivity contribution in [3.05, 3.63) is 88.6 Å². The van der Waals surface area contributed by atoms with Gasteiger partial charge in [-0.3, -0.25) is 9.69 Å². The lowest BCUT2D eigenvalue weighted by Crippen LogP contribution is -2.42. The van der Waals surface area contributed by atoms with Crippen LogP contribution in [-0.4, -0.2) is 26.4 Å². The molecule has 1 aromatic heterocycles. The summed E-state index contributed by atoms with van der Waals surface area (Å²) < 4.78 is 33.8. The molecule has 0 saturated carbocycles. The number of fused-ring (bicyclic) bond motifs is 2. The maximum atomic E-state index is 14.3. The van der Waals surface area contributed by atoms with Crippen molar-refractivity contribution in [1.29, 1.82) is 0 Å². The Bertz CT molecular complexity index is 1490. The Labute approximate surface area is 213 Å². The van der Waals surface area contributed by atoms with E-state index in [1.54, 1.807) is 12.1 Å². The molecule has 0 spiro atoms. The van der Waals surface area contributed by atoms with Crippen molar-refractivity contribution >= 4 is 22.8 Å². The van der Waals surface area contributed by atoms with Crippen molar-refractivity contribution in [1.82, 2.24) is 14.9 Å². The van der Waals surface area contributed by atoms with E-state index in [9.17, 15) is 13.6 Å². The summed E-state index contributed by atoms with van der Waals surface area (Å²) >= 11 is 0. The van der Waals surface area contributed by atoms with Crippen LogP contribution in [0.3, 0.4) is 0 Å². The van der Waals surface area contributed by atoms with Crippen molar-refractivity contribution in [3.8, 4) is 11.1 Å². The number of hydrogen-bond acceptors (Lipinski definition) is 7. The standard InChI is InChI=1S/C28H27F2N5O2/c1-28(2,32)26(36)37-15-19-10-22(29)23(30)11-20(19)16-7-8-24-21(9-16)25(34-27(31)33-24)14-35-12-17-5-3-4-6-18(17)13-35/h3-11H,12-15,32H2,1-2H3,(H2,31,33,34). The maximum Gasteiger partial charge on any atom is 0.325 e. The fraction of sp³-hybridized carbons (Fsp3) is 0.250. The van der Waals surface area contributed by atoms with Gasteiger partial charge in [-0.15, -0.1) is 0 Å². The molecule has 37 heavy (non-hydrogen) atoms. The Morgan fingerprint density at radius 3 is 2.38 bits per heavy atom. The molecule has 0 atom stereocenters. The van der Waals surface area contributed by atoms with Gasteiger partial charge in [0.2, 0.25) is 5.95 Å². The predicted molar refractivity (Wildman–Crippen MR) is 137 cm³/mol. The van der Waals surface area contributed by atoms with Crippen molar-refractivity contribution in [3.63, 3.8) is 0 Å². The highest BCUT2D eigenvalue weighted by molar-refractivity contribution is 5.87. The highest BCUT2D eigenvalue weighted by Gasteiger charge is 2.25. The van der Waals surface area contributed by atoms with Gasteiger partial charge in [-0.2, -0.15) is 0 Å². The second kappa shape index (κ2) is 9.49. The summed E-state index contributed by atoms with van der Waals surface area (Å²) in [5.74, 6) is -2.53. The molecular weight excluding hydrogens is 476 g/mol. The normalized spacial score (nSPS) is 13.6. The monoisotopic (exact) mass is 503 g/mol. The van der Waals surface area contributed by atoms with Gasteiger partial charge in [0.1, 0.15) is 12.1 Å². The maximum absolute atomic E-state index is 14.3. The van der Waals surface area contributed by atoms with E-state index in [-0.39, 0.29) is 12.6 Å². The first-order valence-corrected chi connectivity index (χ1v) is 11.9. The van der Waals surface area contributed by atoms with Crippen LogP contribution in [0.25, 0.3) is 22.0 Å². The van der Waals surface area contributed by atoms with Crippen LogP contribution in [0.2, 0.25) is 0 Å². The molecule has 0 amide bonds. The first-order valence-electron chi connectivity index (χ1n) is 11.9. The molecule has 1 aliphatic heterocycles. The number of rotatable bonds is 6. The van der Waals surface area contributed by atoms with E-state index in [2.05, 4.69) is 27.0 Å². The van der Waals surface area contributed by atoms with Crippen molar-refractivity contribution in [2.75, 3.05) is 5.73 Å². The number of anilines is 1. The molecule has 3 aromatic carbocycles. The molecule has 4 aromatic rings. The first-order chi connectivity index (χ1) is 17.6. The number of nitrogens with zero attached hydrogens (tertiary/aromatic N) is 3. The Hall–Kier alpha value is -3.95. The highest BCUT2D eigenvalue weighted by atomic mass is 19.2. The van der Waals surface area contributed by atoms with Gasteiger partial charge < -0.3 is 16.2 Å². The Morgan fingerprint density at radius 2 is 1.70 bits per heavy atom. The zero-order valence-corrected chi connectivity index (χ0v) is 20.6. The number of halogens is 2. The van der Waals surface area contributed by atoms with E-state index >= 15 is 0 Å². The van der Waals surface area contributed by atoms with Crippen LogP contribution in [0.4, 0.5) is 14.7 Å². The van der Waals surface area contributed by atoms with Crippen molar-refractivity contribution in [2.45, 2.75) is 45.6 Å². The van der Waals surface area contributed by atoms with Crippen LogP contribution < -0.4 is 11.5 Å². The fourth-order valence-electron chi connectivity index (χ4n) is 4.53. The minimum Gasteiger partial charge on any atom is -0.459 e. The van der Waals surface area contributed by atoms with Crippen LogP contribution in [0.15, 0.2) is 54.6 Å². The third kappa shape index (κ3) is 5.14. The minimum atomic E-state index is -1.22. The number of carbonyl (C=O) groups is 1. The molecular formula is C28H27F2N5O2. The molecule has 1 aliphatic rings. The van der Waals surface area contributed by atoms with Crippen LogP contribution in [0.5, 0.6) is 0 Å². The average Bonchev–Trinajstić information content (AvgIpc) is 3.26. The molecule has 0 aliphatic carbocycles. The van der Waals surface area contributed by atoms with E-state index < -0.39 is 23.1 Å². The molecule has 5 rings (SSSR count). The summed E-state index contributed by atoms with van der Waals surface area (Å²) in [6.07, 6.45) is 0. The third-order valence-electron chi connectivity index (χ3n) is 6.41. The smallest absolute Gasteiger partial charge is 0.325 e. The third-order valence-corrected chi connectivity index (χ3v) is 6.41. The molecule has 0 fully saturated rings. The van der Waals surface area contributed by atoms with E-state index in [0.29, 0.717) is 28.8 Å². The number of nitrogen functional groups attached to an aromatic ring is 1. The van der Waals surface area contributed by atoms with Crippen molar-refractivity contribution in [2.24, 2.45) is 5.73 Å². The number of benzene rings is 3. The lowest BCUT2D eigenvalue weighted by molar-refractivity contribution is -0.150. The minimum absolute atomic E-state index is 0.164. The molecule has 0 saturated heterocycles. The van der Waals surface area contributed by atoms with E-state index in [0.717, 1.165) is 36.3 Å². The molecule has 9 heteroatoms. The van der Waals surface area contributed by atoms with Crippen LogP contribution in [0, 0.1) is 11.6 Å². The molecule has 0 bridgehead atoms. The molecule has 4 N–H and O–H groups in total. The molecule has 2 heterocycles. The summed E-state index contributed by atoms with van der Waals surface area (Å²) in [5, 5.41) is 0.749. The Kier molecular flexibility index (Phi) is 6.35. The number of esters is 1. The quantitative estimate of drug-likeness (QED) is 0.374. The van der Waals surface area contributed by atoms with E-state index in [4.69, 9.17) is 16.2 Å². The van der Waals surface area contributed by atoms with Crippen LogP contribution in [-0.2, 0) is 35.8 Å². The van der Waals surface area contributed by atoms with Gasteiger partial charge in [0, 0.05) is 30.6 Å². The molecule has 0 radical (unpaired) electrons. The average molecular weight is 504 g/mol. The summed E-state index contributed by atoms with van der Waals surface area (Å²) in [4.78, 5) is 23.3. The van der Waals surface area contributed by atoms with Crippen molar-refractivity contribution < 1.29 is 18.3 Å². The lowest BCUT2D eigenvalue weighted by atomic mass is 9.97. The van der Waals surface area contributed by atoms with Gasteiger partial charge in [0.25, 0.3) is 0 Å². The summed E-state index contributed by atoms with van der Waals surface area (Å²) in [7, 11) is 0. The Balaban J connectivity index is 1.51. The first kappa shape index (κ1) is 24.7. The number of carbonyl (C=O) groups excluding carboxylic acids is 1. The summed E-state index contributed by atoms with van der Waals surface area (Å²) in [5.41, 5.74) is 15.8. The van der Waals surface area contributed by atoms with Crippen LogP contribution >= 0.6 is 0 Å². The van der Waals surface area contributed by atoms with Gasteiger partial charge in [-0.1, -0.05) is 30.3 Å². The highest BCUT2D eigenvalue weighted by Crippen LogP contribution is 2.32. The van der Waals surface area contributed by atoms with Gasteiger partial charge in [-0.25, -0.2) is 18.7 Å². The van der Waals surface area contributed by atoms with Gasteiger partial charge in [0.15, 0.2) is 11.6 Å². The van der Waals surface area contributed by atoms with Gasteiger partial charge >= 0.3 is 5.97 Å². The molecule has 190 valence electrons. The predicted octanol–water partition coefficient (Wildman–Crippen LogP) is 4.45. The topological polar surface area (TPSA) is 107 Å². The number of hydrogen-bond donors (Lipinski definition) is 2. The fourth-order valence-corrected chi connectivity index (χ4v) is 4.53. The largest absolute Gasteiger partial charge is 0.459 e. The zero-order valence-electron chi connectivity index (χ0n) is 20.6. The Morgan fingerprint density at radius 1 is 1.03 bits per heavy atom. The number of nitrogens with two attached hydrogens (primary N) is 2. The summed E-state index contributed by atoms with van der Waals surface area (Å²) in [6.45, 7) is 4.87. The second-order valence-electron chi connectivity index (χ2n) is 9.90. The number of ether oxygens (including phenoxy) is 1.